The van der Waals surface area contributed by atoms with Crippen LogP contribution in [-0.4, -0.2) is 22.9 Å². The van der Waals surface area contributed by atoms with Crippen LogP contribution in [0.25, 0.3) is 0 Å². The Labute approximate surface area is 99.3 Å². The van der Waals surface area contributed by atoms with E-state index in [1.165, 1.54) is 7.11 Å². The summed E-state index contributed by atoms with van der Waals surface area (Å²) in [6.45, 7) is 1.79. The lowest BCUT2D eigenvalue weighted by atomic mass is 10.1. The summed E-state index contributed by atoms with van der Waals surface area (Å²) in [6, 6.07) is 6.91. The molecule has 0 aliphatic rings. The molecule has 0 aliphatic heterocycles. The maximum atomic E-state index is 12.3. The molecule has 0 amide bonds. The van der Waals surface area contributed by atoms with Crippen molar-refractivity contribution >= 4 is 5.78 Å². The molecule has 0 unspecified atom stereocenters. The second-order valence-corrected chi connectivity index (χ2v) is 3.52. The molecule has 2 aromatic heterocycles. The SMILES string of the molecule is COc1cccnc1C(=O)c1cccnc1C. The van der Waals surface area contributed by atoms with E-state index in [0.717, 1.165) is 0 Å². The molecule has 0 spiro atoms. The molecule has 0 saturated heterocycles. The van der Waals surface area contributed by atoms with Crippen LogP contribution in [0.3, 0.4) is 0 Å². The molecule has 2 heterocycles. The summed E-state index contributed by atoms with van der Waals surface area (Å²) in [4.78, 5) is 20.4. The van der Waals surface area contributed by atoms with Gasteiger partial charge in [-0.15, -0.1) is 0 Å². The third-order valence-electron chi connectivity index (χ3n) is 2.46. The number of ether oxygens (including phenoxy) is 1. The molecule has 0 saturated carbocycles. The van der Waals surface area contributed by atoms with Gasteiger partial charge in [-0.05, 0) is 31.2 Å². The van der Waals surface area contributed by atoms with Crippen LogP contribution >= 0.6 is 0 Å². The van der Waals surface area contributed by atoms with Crippen LogP contribution in [0, 0.1) is 6.92 Å². The topological polar surface area (TPSA) is 52.1 Å². The zero-order valence-corrected chi connectivity index (χ0v) is 9.68. The second kappa shape index (κ2) is 4.74. The summed E-state index contributed by atoms with van der Waals surface area (Å²) in [5.74, 6) is 0.300. The summed E-state index contributed by atoms with van der Waals surface area (Å²) in [5.41, 5.74) is 1.54. The smallest absolute Gasteiger partial charge is 0.216 e. The quantitative estimate of drug-likeness (QED) is 0.754. The van der Waals surface area contributed by atoms with Crippen molar-refractivity contribution in [3.8, 4) is 5.75 Å². The standard InChI is InChI=1S/C13H12N2O2/c1-9-10(5-3-7-14-9)13(16)12-11(17-2)6-4-8-15-12/h3-8H,1-2H3. The number of hydrogen-bond donors (Lipinski definition) is 0. The lowest BCUT2D eigenvalue weighted by molar-refractivity contribution is 0.103. The highest BCUT2D eigenvalue weighted by Crippen LogP contribution is 2.19. The highest BCUT2D eigenvalue weighted by Gasteiger charge is 2.17. The Morgan fingerprint density at radius 1 is 1.18 bits per heavy atom. The average Bonchev–Trinajstić information content (AvgIpc) is 2.38. The number of aromatic nitrogens is 2. The molecule has 0 radical (unpaired) electrons. The molecule has 0 aliphatic carbocycles. The molecular formula is C13H12N2O2. The Hall–Kier alpha value is -2.23. The average molecular weight is 228 g/mol. The van der Waals surface area contributed by atoms with Crippen LogP contribution < -0.4 is 4.74 Å². The van der Waals surface area contributed by atoms with Crippen molar-refractivity contribution in [1.82, 2.24) is 9.97 Å². The molecule has 2 rings (SSSR count). The number of carbonyl (C=O) groups excluding carboxylic acids is 1. The van der Waals surface area contributed by atoms with E-state index < -0.39 is 0 Å². The summed E-state index contributed by atoms with van der Waals surface area (Å²) >= 11 is 0. The molecule has 86 valence electrons. The zero-order valence-electron chi connectivity index (χ0n) is 9.68. The van der Waals surface area contributed by atoms with Gasteiger partial charge in [0, 0.05) is 23.7 Å². The van der Waals surface area contributed by atoms with Gasteiger partial charge in [0.25, 0.3) is 0 Å². The minimum Gasteiger partial charge on any atom is -0.494 e. The van der Waals surface area contributed by atoms with Gasteiger partial charge in [0.15, 0.2) is 5.69 Å². The first kappa shape index (κ1) is 11.3. The van der Waals surface area contributed by atoms with E-state index in [4.69, 9.17) is 4.74 Å². The van der Waals surface area contributed by atoms with E-state index in [9.17, 15) is 4.79 Å². The number of pyridine rings is 2. The van der Waals surface area contributed by atoms with Crippen LogP contribution in [0.15, 0.2) is 36.7 Å². The van der Waals surface area contributed by atoms with Gasteiger partial charge in [0.1, 0.15) is 5.75 Å². The van der Waals surface area contributed by atoms with Gasteiger partial charge in [-0.25, -0.2) is 4.98 Å². The Kier molecular flexibility index (Phi) is 3.14. The van der Waals surface area contributed by atoms with Crippen molar-refractivity contribution in [2.75, 3.05) is 7.11 Å². The second-order valence-electron chi connectivity index (χ2n) is 3.52. The van der Waals surface area contributed by atoms with Crippen LogP contribution in [0.4, 0.5) is 0 Å². The number of ketones is 1. The normalized spacial score (nSPS) is 10.0. The monoisotopic (exact) mass is 228 g/mol. The van der Waals surface area contributed by atoms with E-state index >= 15 is 0 Å². The van der Waals surface area contributed by atoms with Gasteiger partial charge in [0.05, 0.1) is 7.11 Å². The third-order valence-corrected chi connectivity index (χ3v) is 2.46. The highest BCUT2D eigenvalue weighted by atomic mass is 16.5. The zero-order chi connectivity index (χ0) is 12.3. The Bertz CT molecular complexity index is 553. The fourth-order valence-electron chi connectivity index (χ4n) is 1.58. The number of carbonyl (C=O) groups is 1. The van der Waals surface area contributed by atoms with Gasteiger partial charge in [-0.1, -0.05) is 0 Å². The Balaban J connectivity index is 2.48. The summed E-state index contributed by atoms with van der Waals surface area (Å²) in [6.07, 6.45) is 3.23. The molecule has 17 heavy (non-hydrogen) atoms. The van der Waals surface area contributed by atoms with Gasteiger partial charge in [0.2, 0.25) is 5.78 Å². The first-order valence-electron chi connectivity index (χ1n) is 5.19. The van der Waals surface area contributed by atoms with Crippen LogP contribution in [-0.2, 0) is 0 Å². The highest BCUT2D eigenvalue weighted by molar-refractivity contribution is 6.09. The van der Waals surface area contributed by atoms with Crippen LogP contribution in [0.1, 0.15) is 21.7 Å². The first-order valence-corrected chi connectivity index (χ1v) is 5.19. The lowest BCUT2D eigenvalue weighted by Gasteiger charge is -2.07. The summed E-state index contributed by atoms with van der Waals surface area (Å²) in [5, 5.41) is 0. The van der Waals surface area contributed by atoms with Gasteiger partial charge >= 0.3 is 0 Å². The number of hydrogen-bond acceptors (Lipinski definition) is 4. The first-order chi connectivity index (χ1) is 8.24. The van der Waals surface area contributed by atoms with Gasteiger partial charge in [-0.3, -0.25) is 9.78 Å². The predicted octanol–water partition coefficient (Wildman–Crippen LogP) is 2.02. The van der Waals surface area contributed by atoms with Crippen molar-refractivity contribution in [3.05, 3.63) is 53.6 Å². The molecule has 4 nitrogen and oxygen atoms in total. The molecule has 0 N–H and O–H groups in total. The number of methoxy groups -OCH3 is 1. The minimum absolute atomic E-state index is 0.173. The minimum atomic E-state index is -0.173. The van der Waals surface area contributed by atoms with E-state index in [1.807, 2.05) is 0 Å². The summed E-state index contributed by atoms with van der Waals surface area (Å²) < 4.78 is 5.12. The maximum absolute atomic E-state index is 12.3. The Morgan fingerprint density at radius 3 is 2.59 bits per heavy atom. The van der Waals surface area contributed by atoms with Crippen molar-refractivity contribution in [2.45, 2.75) is 6.92 Å². The van der Waals surface area contributed by atoms with Crippen molar-refractivity contribution in [3.63, 3.8) is 0 Å². The molecule has 2 aromatic rings. The van der Waals surface area contributed by atoms with E-state index in [1.54, 1.807) is 43.6 Å². The van der Waals surface area contributed by atoms with Crippen molar-refractivity contribution < 1.29 is 9.53 Å². The van der Waals surface area contributed by atoms with E-state index in [0.29, 0.717) is 22.7 Å². The largest absolute Gasteiger partial charge is 0.494 e. The van der Waals surface area contributed by atoms with Crippen molar-refractivity contribution in [2.24, 2.45) is 0 Å². The molecule has 0 fully saturated rings. The van der Waals surface area contributed by atoms with Gasteiger partial charge in [-0.2, -0.15) is 0 Å². The molecule has 0 bridgehead atoms. The third kappa shape index (κ3) is 2.15. The molecule has 0 aromatic carbocycles. The summed E-state index contributed by atoms with van der Waals surface area (Å²) in [7, 11) is 1.52. The van der Waals surface area contributed by atoms with Crippen molar-refractivity contribution in [1.29, 1.82) is 0 Å². The number of nitrogens with zero attached hydrogens (tertiary/aromatic N) is 2. The fraction of sp³-hybridized carbons (Fsp3) is 0.154. The van der Waals surface area contributed by atoms with Gasteiger partial charge < -0.3 is 4.74 Å². The molecular weight excluding hydrogens is 216 g/mol. The van der Waals surface area contributed by atoms with Crippen LogP contribution in [0.2, 0.25) is 0 Å². The maximum Gasteiger partial charge on any atom is 0.216 e. The molecule has 0 atom stereocenters. The Morgan fingerprint density at radius 2 is 1.88 bits per heavy atom. The molecule has 4 heteroatoms. The predicted molar refractivity (Wildman–Crippen MR) is 63.2 cm³/mol. The van der Waals surface area contributed by atoms with Crippen LogP contribution in [0.5, 0.6) is 5.75 Å². The lowest BCUT2D eigenvalue weighted by Crippen LogP contribution is -2.08. The number of aryl methyl sites for hydroxylation is 1. The number of rotatable bonds is 3. The fourth-order valence-corrected chi connectivity index (χ4v) is 1.58. The van der Waals surface area contributed by atoms with E-state index in [2.05, 4.69) is 9.97 Å². The van der Waals surface area contributed by atoms with E-state index in [-0.39, 0.29) is 5.78 Å².